The third-order valence-corrected chi connectivity index (χ3v) is 4.11. The first-order chi connectivity index (χ1) is 9.70. The van der Waals surface area contributed by atoms with Crippen molar-refractivity contribution >= 4 is 11.6 Å². The fraction of sp³-hybridized carbons (Fsp3) is 0.294. The maximum absolute atomic E-state index is 10.7. The van der Waals surface area contributed by atoms with Crippen molar-refractivity contribution < 1.29 is 9.84 Å². The monoisotopic (exact) mass is 288 g/mol. The van der Waals surface area contributed by atoms with Crippen molar-refractivity contribution in [2.45, 2.75) is 24.9 Å². The summed E-state index contributed by atoms with van der Waals surface area (Å²) in [6, 6.07) is 13.5. The minimum absolute atomic E-state index is 0.555. The van der Waals surface area contributed by atoms with E-state index >= 15 is 0 Å². The number of aliphatic hydroxyl groups is 1. The normalized spacial score (nSPS) is 15.9. The molecule has 104 valence electrons. The van der Waals surface area contributed by atoms with Gasteiger partial charge in [0.2, 0.25) is 0 Å². The van der Waals surface area contributed by atoms with Crippen molar-refractivity contribution in [3.05, 3.63) is 64.2 Å². The van der Waals surface area contributed by atoms with Crippen LogP contribution in [-0.4, -0.2) is 12.2 Å². The lowest BCUT2D eigenvalue weighted by Crippen LogP contribution is -2.03. The van der Waals surface area contributed by atoms with Gasteiger partial charge in [-0.15, -0.1) is 0 Å². The second-order valence-corrected chi connectivity index (χ2v) is 5.61. The number of ether oxygens (including phenoxy) is 1. The summed E-state index contributed by atoms with van der Waals surface area (Å²) in [6.07, 6.45) is 1.79. The van der Waals surface area contributed by atoms with Crippen LogP contribution in [0.2, 0.25) is 5.02 Å². The third kappa shape index (κ3) is 2.54. The maximum atomic E-state index is 10.7. The van der Waals surface area contributed by atoms with E-state index in [0.717, 1.165) is 11.1 Å². The molecule has 1 atom stereocenters. The highest BCUT2D eigenvalue weighted by Crippen LogP contribution is 2.44. The smallest absolute Gasteiger partial charge is 0.137 e. The largest absolute Gasteiger partial charge is 0.495 e. The Labute approximate surface area is 124 Å². The van der Waals surface area contributed by atoms with E-state index in [2.05, 4.69) is 6.07 Å². The molecule has 3 heteroatoms. The Balaban J connectivity index is 1.98. The fourth-order valence-corrected chi connectivity index (χ4v) is 2.75. The van der Waals surface area contributed by atoms with Crippen LogP contribution in [0.15, 0.2) is 42.5 Å². The van der Waals surface area contributed by atoms with Crippen LogP contribution in [0.5, 0.6) is 5.75 Å². The van der Waals surface area contributed by atoms with Crippen molar-refractivity contribution in [2.75, 3.05) is 7.11 Å². The summed E-state index contributed by atoms with van der Waals surface area (Å²) >= 11 is 6.03. The van der Waals surface area contributed by atoms with Gasteiger partial charge in [0.25, 0.3) is 0 Å². The highest BCUT2D eigenvalue weighted by molar-refractivity contribution is 6.32. The van der Waals surface area contributed by atoms with Crippen LogP contribution in [0.3, 0.4) is 0 Å². The summed E-state index contributed by atoms with van der Waals surface area (Å²) in [5, 5.41) is 11.2. The number of benzene rings is 2. The van der Waals surface area contributed by atoms with Crippen molar-refractivity contribution in [1.82, 2.24) is 0 Å². The quantitative estimate of drug-likeness (QED) is 0.908. The molecule has 0 radical (unpaired) electrons. The molecule has 2 aromatic carbocycles. The molecule has 1 aliphatic rings. The third-order valence-electron chi connectivity index (χ3n) is 3.80. The minimum atomic E-state index is -0.641. The van der Waals surface area contributed by atoms with Gasteiger partial charge in [-0.2, -0.15) is 0 Å². The molecule has 1 saturated carbocycles. The van der Waals surface area contributed by atoms with Crippen LogP contribution < -0.4 is 4.74 Å². The Morgan fingerprint density at radius 3 is 2.65 bits per heavy atom. The van der Waals surface area contributed by atoms with E-state index in [1.165, 1.54) is 18.4 Å². The van der Waals surface area contributed by atoms with Crippen molar-refractivity contribution in [3.63, 3.8) is 0 Å². The van der Waals surface area contributed by atoms with Gasteiger partial charge in [0.05, 0.1) is 12.1 Å². The molecule has 0 spiro atoms. The second-order valence-electron chi connectivity index (χ2n) is 5.20. The van der Waals surface area contributed by atoms with Crippen LogP contribution in [-0.2, 0) is 0 Å². The molecule has 0 heterocycles. The molecule has 3 rings (SSSR count). The predicted octanol–water partition coefficient (Wildman–Crippen LogP) is 4.31. The van der Waals surface area contributed by atoms with E-state index in [9.17, 15) is 5.11 Å². The van der Waals surface area contributed by atoms with Crippen LogP contribution >= 0.6 is 11.6 Å². The average molecular weight is 289 g/mol. The molecule has 0 aromatic heterocycles. The van der Waals surface area contributed by atoms with Crippen LogP contribution in [0.4, 0.5) is 0 Å². The van der Waals surface area contributed by atoms with E-state index in [1.807, 2.05) is 24.3 Å². The number of hydrogen-bond acceptors (Lipinski definition) is 2. The zero-order valence-corrected chi connectivity index (χ0v) is 12.1. The topological polar surface area (TPSA) is 29.5 Å². The Morgan fingerprint density at radius 1 is 1.20 bits per heavy atom. The van der Waals surface area contributed by atoms with E-state index in [0.29, 0.717) is 16.7 Å². The van der Waals surface area contributed by atoms with Gasteiger partial charge in [-0.3, -0.25) is 0 Å². The second kappa shape index (κ2) is 5.47. The van der Waals surface area contributed by atoms with Gasteiger partial charge < -0.3 is 9.84 Å². The summed E-state index contributed by atoms with van der Waals surface area (Å²) < 4.78 is 5.22. The van der Waals surface area contributed by atoms with Gasteiger partial charge >= 0.3 is 0 Å². The fourth-order valence-electron chi connectivity index (χ4n) is 2.55. The van der Waals surface area contributed by atoms with Crippen LogP contribution in [0.1, 0.15) is 41.6 Å². The number of methoxy groups -OCH3 is 1. The first-order valence-electron chi connectivity index (χ1n) is 6.81. The first kappa shape index (κ1) is 13.5. The molecule has 0 amide bonds. The predicted molar refractivity (Wildman–Crippen MR) is 80.5 cm³/mol. The standard InChI is InChI=1S/C17H17ClO2/c1-20-16-10-12(8-9-15(16)18)17(19)14-5-3-2-4-13(14)11-6-7-11/h2-5,8-11,17,19H,6-7H2,1H3. The molecule has 2 aromatic rings. The maximum Gasteiger partial charge on any atom is 0.137 e. The molecule has 1 fully saturated rings. The lowest BCUT2D eigenvalue weighted by atomic mass is 9.94. The van der Waals surface area contributed by atoms with E-state index in [1.54, 1.807) is 19.2 Å². The lowest BCUT2D eigenvalue weighted by molar-refractivity contribution is 0.218. The summed E-state index contributed by atoms with van der Waals surface area (Å²) in [7, 11) is 1.58. The van der Waals surface area contributed by atoms with Crippen molar-refractivity contribution in [2.24, 2.45) is 0 Å². The number of aliphatic hydroxyl groups excluding tert-OH is 1. The van der Waals surface area contributed by atoms with Gasteiger partial charge in [0.1, 0.15) is 11.9 Å². The Bertz CT molecular complexity index is 620. The molecular formula is C17H17ClO2. The average Bonchev–Trinajstić information content (AvgIpc) is 3.32. The molecule has 0 saturated heterocycles. The Morgan fingerprint density at radius 2 is 1.95 bits per heavy atom. The van der Waals surface area contributed by atoms with Gasteiger partial charge in [0.15, 0.2) is 0 Å². The zero-order valence-electron chi connectivity index (χ0n) is 11.3. The molecule has 2 nitrogen and oxygen atoms in total. The molecule has 0 aliphatic heterocycles. The van der Waals surface area contributed by atoms with E-state index in [-0.39, 0.29) is 0 Å². The summed E-state index contributed by atoms with van der Waals surface area (Å²) in [4.78, 5) is 0. The highest BCUT2D eigenvalue weighted by Gasteiger charge is 2.28. The molecule has 1 unspecified atom stereocenters. The van der Waals surface area contributed by atoms with E-state index < -0.39 is 6.10 Å². The highest BCUT2D eigenvalue weighted by atomic mass is 35.5. The molecule has 1 aliphatic carbocycles. The van der Waals surface area contributed by atoms with Crippen LogP contribution in [0.25, 0.3) is 0 Å². The SMILES string of the molecule is COc1cc(C(O)c2ccccc2C2CC2)ccc1Cl. The van der Waals surface area contributed by atoms with Crippen LogP contribution in [0, 0.1) is 0 Å². The number of halogens is 1. The molecule has 0 bridgehead atoms. The van der Waals surface area contributed by atoms with Crippen molar-refractivity contribution in [1.29, 1.82) is 0 Å². The number of hydrogen-bond donors (Lipinski definition) is 1. The molecule has 1 N–H and O–H groups in total. The zero-order chi connectivity index (χ0) is 14.1. The Kier molecular flexibility index (Phi) is 3.68. The van der Waals surface area contributed by atoms with Gasteiger partial charge in [-0.05, 0) is 47.6 Å². The van der Waals surface area contributed by atoms with E-state index in [4.69, 9.17) is 16.3 Å². The molecular weight excluding hydrogens is 272 g/mol. The van der Waals surface area contributed by atoms with Crippen molar-refractivity contribution in [3.8, 4) is 5.75 Å². The van der Waals surface area contributed by atoms with Gasteiger partial charge in [-0.25, -0.2) is 0 Å². The van der Waals surface area contributed by atoms with Gasteiger partial charge in [0, 0.05) is 0 Å². The Hall–Kier alpha value is -1.51. The van der Waals surface area contributed by atoms with Gasteiger partial charge in [-0.1, -0.05) is 41.9 Å². The summed E-state index contributed by atoms with van der Waals surface area (Å²) in [5.74, 6) is 1.20. The minimum Gasteiger partial charge on any atom is -0.495 e. The summed E-state index contributed by atoms with van der Waals surface area (Å²) in [5.41, 5.74) is 3.05. The number of rotatable bonds is 4. The lowest BCUT2D eigenvalue weighted by Gasteiger charge is -2.17. The summed E-state index contributed by atoms with van der Waals surface area (Å²) in [6.45, 7) is 0. The molecule has 20 heavy (non-hydrogen) atoms. The first-order valence-corrected chi connectivity index (χ1v) is 7.19.